The van der Waals surface area contributed by atoms with Gasteiger partial charge in [-0.15, -0.1) is 0 Å². The van der Waals surface area contributed by atoms with E-state index in [0.717, 1.165) is 0 Å². The number of hydrogen-bond acceptors (Lipinski definition) is 5. The van der Waals surface area contributed by atoms with Crippen molar-refractivity contribution in [3.63, 3.8) is 0 Å². The minimum absolute atomic E-state index is 0.0118. The molecule has 9 heteroatoms. The molecule has 1 aromatic carbocycles. The fourth-order valence-corrected chi connectivity index (χ4v) is 4.91. The number of nitrogens with zero attached hydrogens (tertiary/aromatic N) is 2. The van der Waals surface area contributed by atoms with Gasteiger partial charge in [-0.05, 0) is 31.9 Å². The van der Waals surface area contributed by atoms with Crippen molar-refractivity contribution in [2.24, 2.45) is 13.0 Å². The predicted molar refractivity (Wildman–Crippen MR) is 85.2 cm³/mol. The smallest absolute Gasteiger partial charge is 0.419 e. The first-order valence-electron chi connectivity index (χ1n) is 7.57. The van der Waals surface area contributed by atoms with Gasteiger partial charge in [0.1, 0.15) is 0 Å². The summed E-state index contributed by atoms with van der Waals surface area (Å²) in [6, 6.07) is 3.59. The average molecular weight is 354 g/mol. The number of oxazole rings is 1. The molecule has 130 valence electrons. The Labute approximate surface area is 138 Å². The summed E-state index contributed by atoms with van der Waals surface area (Å²) in [5, 5.41) is 9.26. The Balaban J connectivity index is 2.04. The van der Waals surface area contributed by atoms with Crippen molar-refractivity contribution < 1.29 is 22.7 Å². The van der Waals surface area contributed by atoms with Crippen molar-refractivity contribution >= 4 is 27.1 Å². The molecule has 2 heterocycles. The molecule has 0 saturated carbocycles. The van der Waals surface area contributed by atoms with Crippen molar-refractivity contribution in [1.29, 1.82) is 0 Å². The maximum absolute atomic E-state index is 12.9. The topological polar surface area (TPSA) is 110 Å². The Hall–Kier alpha value is -2.13. The standard InChI is InChI=1S/C15H18N2O6S/c1-9-11(14(18)19)4-3-7-17(9)24(21,22)10-5-6-12-13(8-10)23-15(20)16(12)2/h5-6,8-9,11H,3-4,7H2,1-2H3,(H,18,19)/t9-,11-/m1/s1. The van der Waals surface area contributed by atoms with Gasteiger partial charge in [-0.3, -0.25) is 9.36 Å². The van der Waals surface area contributed by atoms with Gasteiger partial charge in [-0.25, -0.2) is 13.2 Å². The normalized spacial score (nSPS) is 22.8. The molecule has 1 aromatic heterocycles. The number of aliphatic carboxylic acids is 1. The summed E-state index contributed by atoms with van der Waals surface area (Å²) in [6.07, 6.45) is 0.943. The Morgan fingerprint density at radius 1 is 1.38 bits per heavy atom. The van der Waals surface area contributed by atoms with E-state index in [1.54, 1.807) is 6.92 Å². The van der Waals surface area contributed by atoms with Crippen LogP contribution in [0.25, 0.3) is 11.1 Å². The number of fused-ring (bicyclic) bond motifs is 1. The molecule has 1 N–H and O–H groups in total. The zero-order valence-electron chi connectivity index (χ0n) is 13.3. The molecule has 24 heavy (non-hydrogen) atoms. The van der Waals surface area contributed by atoms with Crippen LogP contribution in [0.5, 0.6) is 0 Å². The van der Waals surface area contributed by atoms with Crippen LogP contribution in [0.1, 0.15) is 19.8 Å². The van der Waals surface area contributed by atoms with E-state index in [4.69, 9.17) is 4.42 Å². The number of benzene rings is 1. The van der Waals surface area contributed by atoms with E-state index in [2.05, 4.69) is 0 Å². The second kappa shape index (κ2) is 5.75. The minimum Gasteiger partial charge on any atom is -0.481 e. The molecule has 0 aliphatic carbocycles. The first-order chi connectivity index (χ1) is 11.2. The summed E-state index contributed by atoms with van der Waals surface area (Å²) in [6.45, 7) is 1.88. The number of carboxylic acids is 1. The molecule has 0 bridgehead atoms. The molecular weight excluding hydrogens is 336 g/mol. The fourth-order valence-electron chi connectivity index (χ4n) is 3.19. The number of carboxylic acid groups (broad SMARTS) is 1. The van der Waals surface area contributed by atoms with Crippen LogP contribution in [0.15, 0.2) is 32.3 Å². The van der Waals surface area contributed by atoms with Gasteiger partial charge in [0.15, 0.2) is 5.58 Å². The van der Waals surface area contributed by atoms with Gasteiger partial charge in [0, 0.05) is 25.7 Å². The van der Waals surface area contributed by atoms with Crippen molar-refractivity contribution in [2.75, 3.05) is 6.54 Å². The Morgan fingerprint density at radius 2 is 2.08 bits per heavy atom. The molecule has 0 radical (unpaired) electrons. The molecule has 1 saturated heterocycles. The van der Waals surface area contributed by atoms with Crippen LogP contribution >= 0.6 is 0 Å². The van der Waals surface area contributed by atoms with E-state index >= 15 is 0 Å². The quantitative estimate of drug-likeness (QED) is 0.881. The summed E-state index contributed by atoms with van der Waals surface area (Å²) in [4.78, 5) is 22.8. The number of aryl methyl sites for hydroxylation is 1. The van der Waals surface area contributed by atoms with E-state index in [-0.39, 0.29) is 17.0 Å². The lowest BCUT2D eigenvalue weighted by molar-refractivity contribution is -0.144. The SMILES string of the molecule is C[C@@H]1[C@H](C(=O)O)CCCN1S(=O)(=O)c1ccc2c(c1)oc(=O)n2C. The van der Waals surface area contributed by atoms with Crippen molar-refractivity contribution in [1.82, 2.24) is 8.87 Å². The lowest BCUT2D eigenvalue weighted by Crippen LogP contribution is -2.48. The average Bonchev–Trinajstić information content (AvgIpc) is 2.81. The van der Waals surface area contributed by atoms with Crippen LogP contribution < -0.4 is 5.76 Å². The van der Waals surface area contributed by atoms with E-state index in [1.165, 1.54) is 34.1 Å². The van der Waals surface area contributed by atoms with Crippen LogP contribution in [0, 0.1) is 5.92 Å². The first-order valence-corrected chi connectivity index (χ1v) is 9.01. The van der Waals surface area contributed by atoms with E-state index in [0.29, 0.717) is 18.4 Å². The van der Waals surface area contributed by atoms with Crippen LogP contribution in [0.3, 0.4) is 0 Å². The molecule has 8 nitrogen and oxygen atoms in total. The van der Waals surface area contributed by atoms with Gasteiger partial charge in [0.2, 0.25) is 10.0 Å². The van der Waals surface area contributed by atoms with Crippen LogP contribution in [-0.2, 0) is 21.9 Å². The summed E-state index contributed by atoms with van der Waals surface area (Å²) < 4.78 is 33.4. The first kappa shape index (κ1) is 16.7. The molecule has 2 atom stereocenters. The third-order valence-corrected chi connectivity index (χ3v) is 6.60. The number of hydrogen-bond donors (Lipinski definition) is 1. The summed E-state index contributed by atoms with van der Waals surface area (Å²) in [5.74, 6) is -2.30. The highest BCUT2D eigenvalue weighted by atomic mass is 32.2. The lowest BCUT2D eigenvalue weighted by Gasteiger charge is -2.36. The summed E-state index contributed by atoms with van der Waals surface area (Å²) >= 11 is 0. The van der Waals surface area contributed by atoms with Crippen molar-refractivity contribution in [3.05, 3.63) is 28.7 Å². The molecule has 3 rings (SSSR count). The summed E-state index contributed by atoms with van der Waals surface area (Å²) in [5.41, 5.74) is 0.678. The minimum atomic E-state index is -3.87. The number of aromatic nitrogens is 1. The molecule has 1 fully saturated rings. The third kappa shape index (κ3) is 2.53. The molecule has 0 unspecified atom stereocenters. The molecule has 0 amide bonds. The van der Waals surface area contributed by atoms with Gasteiger partial charge in [-0.2, -0.15) is 4.31 Å². The Kier molecular flexibility index (Phi) is 4.00. The van der Waals surface area contributed by atoms with Crippen molar-refractivity contribution in [3.8, 4) is 0 Å². The fraction of sp³-hybridized carbons (Fsp3) is 0.467. The lowest BCUT2D eigenvalue weighted by atomic mass is 9.92. The van der Waals surface area contributed by atoms with Crippen LogP contribution in [0.4, 0.5) is 0 Å². The highest BCUT2D eigenvalue weighted by molar-refractivity contribution is 7.89. The largest absolute Gasteiger partial charge is 0.481 e. The Bertz CT molecular complexity index is 958. The van der Waals surface area contributed by atoms with E-state index < -0.39 is 33.7 Å². The molecule has 2 aromatic rings. The second-order valence-corrected chi connectivity index (χ2v) is 7.89. The van der Waals surface area contributed by atoms with Gasteiger partial charge in [-0.1, -0.05) is 0 Å². The maximum atomic E-state index is 12.9. The van der Waals surface area contributed by atoms with Crippen molar-refractivity contribution in [2.45, 2.75) is 30.7 Å². The molecule has 1 aliphatic rings. The zero-order chi connectivity index (χ0) is 17.6. The molecular formula is C15H18N2O6S. The zero-order valence-corrected chi connectivity index (χ0v) is 14.1. The highest BCUT2D eigenvalue weighted by Crippen LogP contribution is 2.30. The van der Waals surface area contributed by atoms with Gasteiger partial charge < -0.3 is 9.52 Å². The number of sulfonamides is 1. The van der Waals surface area contributed by atoms with E-state index in [9.17, 15) is 23.1 Å². The third-order valence-electron chi connectivity index (χ3n) is 4.62. The Morgan fingerprint density at radius 3 is 2.75 bits per heavy atom. The van der Waals surface area contributed by atoms with Gasteiger partial charge in [0.25, 0.3) is 0 Å². The monoisotopic (exact) mass is 354 g/mol. The van der Waals surface area contributed by atoms with Gasteiger partial charge in [0.05, 0.1) is 16.3 Å². The number of piperidine rings is 1. The van der Waals surface area contributed by atoms with Crippen LogP contribution in [0.2, 0.25) is 0 Å². The van der Waals surface area contributed by atoms with Crippen LogP contribution in [-0.4, -0.2) is 41.0 Å². The van der Waals surface area contributed by atoms with Gasteiger partial charge >= 0.3 is 11.7 Å². The number of carbonyl (C=O) groups is 1. The second-order valence-electron chi connectivity index (χ2n) is 6.00. The summed E-state index contributed by atoms with van der Waals surface area (Å²) in [7, 11) is -2.34. The number of rotatable bonds is 3. The maximum Gasteiger partial charge on any atom is 0.419 e. The molecule has 0 spiro atoms. The molecule has 1 aliphatic heterocycles. The predicted octanol–water partition coefficient (Wildman–Crippen LogP) is 1.01. The highest BCUT2D eigenvalue weighted by Gasteiger charge is 2.39. The van der Waals surface area contributed by atoms with E-state index in [1.807, 2.05) is 0 Å².